The van der Waals surface area contributed by atoms with Gasteiger partial charge in [-0.1, -0.05) is 12.1 Å². The van der Waals surface area contributed by atoms with E-state index in [9.17, 15) is 9.18 Å². The van der Waals surface area contributed by atoms with Crippen LogP contribution in [0.5, 0.6) is 11.5 Å². The van der Waals surface area contributed by atoms with Crippen molar-refractivity contribution < 1.29 is 23.4 Å². The van der Waals surface area contributed by atoms with Crippen LogP contribution in [0.25, 0.3) is 0 Å². The van der Waals surface area contributed by atoms with Crippen LogP contribution in [0.2, 0.25) is 0 Å². The minimum Gasteiger partial charge on any atom is -0.490 e. The lowest BCUT2D eigenvalue weighted by molar-refractivity contribution is -0.125. The van der Waals surface area contributed by atoms with Crippen LogP contribution in [0, 0.1) is 5.82 Å². The summed E-state index contributed by atoms with van der Waals surface area (Å²) >= 11 is 0. The van der Waals surface area contributed by atoms with E-state index in [1.807, 2.05) is 6.07 Å². The number of hydrogen-bond donors (Lipinski definition) is 1. The van der Waals surface area contributed by atoms with Gasteiger partial charge in [-0.15, -0.1) is 0 Å². The maximum Gasteiger partial charge on any atom is 0.235 e. The minimum absolute atomic E-state index is 0.161. The van der Waals surface area contributed by atoms with Gasteiger partial charge in [-0.25, -0.2) is 4.39 Å². The van der Waals surface area contributed by atoms with Gasteiger partial charge in [0.2, 0.25) is 5.91 Å². The van der Waals surface area contributed by atoms with E-state index in [1.54, 1.807) is 24.3 Å². The van der Waals surface area contributed by atoms with Crippen LogP contribution < -0.4 is 14.8 Å². The summed E-state index contributed by atoms with van der Waals surface area (Å²) in [7, 11) is 0. The van der Waals surface area contributed by atoms with Gasteiger partial charge in [-0.05, 0) is 42.7 Å². The first-order chi connectivity index (χ1) is 13.2. The van der Waals surface area contributed by atoms with Gasteiger partial charge in [0.05, 0.1) is 18.6 Å². The fourth-order valence-corrected chi connectivity index (χ4v) is 3.64. The molecule has 2 aromatic rings. The van der Waals surface area contributed by atoms with Crippen LogP contribution in [-0.4, -0.2) is 32.3 Å². The molecule has 2 aliphatic rings. The molecule has 2 aromatic carbocycles. The van der Waals surface area contributed by atoms with Gasteiger partial charge in [0.1, 0.15) is 5.82 Å². The molecule has 0 radical (unpaired) electrons. The zero-order chi connectivity index (χ0) is 18.7. The minimum atomic E-state index is -0.815. The van der Waals surface area contributed by atoms with Gasteiger partial charge in [-0.3, -0.25) is 4.79 Å². The molecule has 6 heteroatoms. The Kier molecular flexibility index (Phi) is 4.99. The zero-order valence-corrected chi connectivity index (χ0v) is 15.0. The third kappa shape index (κ3) is 3.62. The Morgan fingerprint density at radius 3 is 2.52 bits per heavy atom. The standard InChI is InChI=1S/C21H22FNO4/c22-16-4-1-3-15(13-16)21(7-11-25-12-8-21)20(24)23-17-5-6-18-19(14-17)27-10-2-9-26-18/h1,3-6,13-14H,2,7-12H2,(H,23,24). The van der Waals surface area contributed by atoms with E-state index in [2.05, 4.69) is 5.32 Å². The molecule has 0 bridgehead atoms. The predicted octanol–water partition coefficient (Wildman–Crippen LogP) is 3.67. The summed E-state index contributed by atoms with van der Waals surface area (Å²) in [6.45, 7) is 2.12. The van der Waals surface area contributed by atoms with Crippen molar-refractivity contribution in [1.82, 2.24) is 0 Å². The van der Waals surface area contributed by atoms with Gasteiger partial charge >= 0.3 is 0 Å². The molecule has 0 unspecified atom stereocenters. The number of rotatable bonds is 3. The Morgan fingerprint density at radius 1 is 0.963 bits per heavy atom. The number of anilines is 1. The number of nitrogens with one attached hydrogen (secondary N) is 1. The predicted molar refractivity (Wildman–Crippen MR) is 98.8 cm³/mol. The number of fused-ring (bicyclic) bond motifs is 1. The van der Waals surface area contributed by atoms with Crippen LogP contribution >= 0.6 is 0 Å². The highest BCUT2D eigenvalue weighted by molar-refractivity contribution is 5.99. The van der Waals surface area contributed by atoms with Crippen LogP contribution in [0.1, 0.15) is 24.8 Å². The van der Waals surface area contributed by atoms with Crippen molar-refractivity contribution >= 4 is 11.6 Å². The molecule has 2 heterocycles. The molecule has 5 nitrogen and oxygen atoms in total. The van der Waals surface area contributed by atoms with Crippen LogP contribution in [-0.2, 0) is 14.9 Å². The molecule has 0 saturated carbocycles. The average Bonchev–Trinajstić information content (AvgIpc) is 2.93. The van der Waals surface area contributed by atoms with Crippen molar-refractivity contribution in [2.45, 2.75) is 24.7 Å². The lowest BCUT2D eigenvalue weighted by atomic mass is 9.73. The summed E-state index contributed by atoms with van der Waals surface area (Å²) < 4.78 is 30.6. The lowest BCUT2D eigenvalue weighted by Crippen LogP contribution is -2.44. The normalized spacial score (nSPS) is 18.4. The fraction of sp³-hybridized carbons (Fsp3) is 0.381. The van der Waals surface area contributed by atoms with Crippen molar-refractivity contribution in [3.8, 4) is 11.5 Å². The summed E-state index contributed by atoms with van der Waals surface area (Å²) in [5.41, 5.74) is 0.494. The summed E-state index contributed by atoms with van der Waals surface area (Å²) in [5.74, 6) is 0.793. The monoisotopic (exact) mass is 371 g/mol. The van der Waals surface area contributed by atoms with Gasteiger partial charge in [0.15, 0.2) is 11.5 Å². The van der Waals surface area contributed by atoms with E-state index in [0.717, 1.165) is 6.42 Å². The van der Waals surface area contributed by atoms with E-state index in [1.165, 1.54) is 12.1 Å². The molecule has 0 aliphatic carbocycles. The Bertz CT molecular complexity index is 833. The Labute approximate surface area is 157 Å². The number of carbonyl (C=O) groups excluding carboxylic acids is 1. The lowest BCUT2D eigenvalue weighted by Gasteiger charge is -2.36. The summed E-state index contributed by atoms with van der Waals surface area (Å²) in [5, 5.41) is 2.99. The van der Waals surface area contributed by atoms with E-state index >= 15 is 0 Å². The number of ether oxygens (including phenoxy) is 3. The Morgan fingerprint density at radius 2 is 1.74 bits per heavy atom. The first kappa shape index (κ1) is 17.8. The second kappa shape index (κ2) is 7.56. The largest absolute Gasteiger partial charge is 0.490 e. The maximum atomic E-state index is 13.8. The smallest absolute Gasteiger partial charge is 0.235 e. The maximum absolute atomic E-state index is 13.8. The molecule has 0 atom stereocenters. The van der Waals surface area contributed by atoms with Gasteiger partial charge < -0.3 is 19.5 Å². The SMILES string of the molecule is O=C(Nc1ccc2c(c1)OCCCO2)C1(c2cccc(F)c2)CCOCC1. The van der Waals surface area contributed by atoms with Crippen molar-refractivity contribution in [1.29, 1.82) is 0 Å². The first-order valence-electron chi connectivity index (χ1n) is 9.22. The van der Waals surface area contributed by atoms with Gasteiger partial charge in [0, 0.05) is 31.4 Å². The molecule has 0 spiro atoms. The molecule has 1 saturated heterocycles. The highest BCUT2D eigenvalue weighted by Crippen LogP contribution is 2.38. The topological polar surface area (TPSA) is 56.8 Å². The van der Waals surface area contributed by atoms with Crippen molar-refractivity contribution in [2.75, 3.05) is 31.7 Å². The fourth-order valence-electron chi connectivity index (χ4n) is 3.64. The average molecular weight is 371 g/mol. The third-order valence-corrected chi connectivity index (χ3v) is 5.16. The van der Waals surface area contributed by atoms with Gasteiger partial charge in [-0.2, -0.15) is 0 Å². The number of carbonyl (C=O) groups is 1. The Hall–Kier alpha value is -2.60. The highest BCUT2D eigenvalue weighted by atomic mass is 19.1. The van der Waals surface area contributed by atoms with Crippen LogP contribution in [0.3, 0.4) is 0 Å². The van der Waals surface area contributed by atoms with E-state index in [4.69, 9.17) is 14.2 Å². The molecule has 1 amide bonds. The summed E-state index contributed by atoms with van der Waals surface area (Å²) in [4.78, 5) is 13.3. The quantitative estimate of drug-likeness (QED) is 0.894. The molecule has 0 aromatic heterocycles. The zero-order valence-electron chi connectivity index (χ0n) is 15.0. The summed E-state index contributed by atoms with van der Waals surface area (Å²) in [6, 6.07) is 11.7. The van der Waals surface area contributed by atoms with Crippen molar-refractivity contribution in [2.24, 2.45) is 0 Å². The molecular weight excluding hydrogens is 349 g/mol. The van der Waals surface area contributed by atoms with E-state index in [-0.39, 0.29) is 11.7 Å². The molecule has 4 rings (SSSR count). The highest BCUT2D eigenvalue weighted by Gasteiger charge is 2.42. The second-order valence-corrected chi connectivity index (χ2v) is 6.87. The molecule has 1 N–H and O–H groups in total. The molecular formula is C21H22FNO4. The Balaban J connectivity index is 1.62. The number of halogens is 1. The molecule has 1 fully saturated rings. The number of hydrogen-bond acceptors (Lipinski definition) is 4. The van der Waals surface area contributed by atoms with Crippen molar-refractivity contribution in [3.05, 3.63) is 53.8 Å². The molecule has 2 aliphatic heterocycles. The van der Waals surface area contributed by atoms with Gasteiger partial charge in [0.25, 0.3) is 0 Å². The summed E-state index contributed by atoms with van der Waals surface area (Å²) in [6.07, 6.45) is 1.83. The first-order valence-corrected chi connectivity index (χ1v) is 9.22. The van der Waals surface area contributed by atoms with Crippen LogP contribution in [0.15, 0.2) is 42.5 Å². The second-order valence-electron chi connectivity index (χ2n) is 6.87. The van der Waals surface area contributed by atoms with E-state index in [0.29, 0.717) is 62.0 Å². The van der Waals surface area contributed by atoms with E-state index < -0.39 is 5.41 Å². The number of benzene rings is 2. The third-order valence-electron chi connectivity index (χ3n) is 5.16. The van der Waals surface area contributed by atoms with Crippen LogP contribution in [0.4, 0.5) is 10.1 Å². The molecule has 142 valence electrons. The molecule has 27 heavy (non-hydrogen) atoms. The number of amides is 1. The van der Waals surface area contributed by atoms with Crippen molar-refractivity contribution in [3.63, 3.8) is 0 Å².